The van der Waals surface area contributed by atoms with E-state index in [9.17, 15) is 13.5 Å². The maximum atomic E-state index is 12.0. The van der Waals surface area contributed by atoms with Gasteiger partial charge in [-0.2, -0.15) is 8.42 Å². The fourth-order valence-electron chi connectivity index (χ4n) is 2.11. The second-order valence-electron chi connectivity index (χ2n) is 4.69. The van der Waals surface area contributed by atoms with Gasteiger partial charge in [0, 0.05) is 15.8 Å². The van der Waals surface area contributed by atoms with Crippen LogP contribution in [-0.4, -0.2) is 27.7 Å². The summed E-state index contributed by atoms with van der Waals surface area (Å²) < 4.78 is 33.3. The molecule has 2 aromatic carbocycles. The SMILES string of the molecule is COOOSc1cc2cc(S(=O)(=O)OC)c(C)c(O)c2cc1C. The summed E-state index contributed by atoms with van der Waals surface area (Å²) in [7, 11) is -1.56. The molecule has 0 spiro atoms. The van der Waals surface area contributed by atoms with E-state index in [0.29, 0.717) is 15.7 Å². The summed E-state index contributed by atoms with van der Waals surface area (Å²) in [5.74, 6) is -0.105. The van der Waals surface area contributed by atoms with Crippen LogP contribution in [0.15, 0.2) is 28.0 Å². The highest BCUT2D eigenvalue weighted by Gasteiger charge is 2.21. The van der Waals surface area contributed by atoms with Gasteiger partial charge in [-0.15, -0.1) is 4.33 Å². The molecular weight excluding hydrogens is 344 g/mol. The molecule has 2 rings (SSSR count). The van der Waals surface area contributed by atoms with E-state index in [1.165, 1.54) is 20.1 Å². The lowest BCUT2D eigenvalue weighted by atomic mass is 10.0. The molecule has 1 N–H and O–H groups in total. The summed E-state index contributed by atoms with van der Waals surface area (Å²) in [5, 5.41) is 15.7. The van der Waals surface area contributed by atoms with Crippen LogP contribution < -0.4 is 0 Å². The van der Waals surface area contributed by atoms with Gasteiger partial charge < -0.3 is 5.11 Å². The highest BCUT2D eigenvalue weighted by atomic mass is 32.2. The lowest BCUT2D eigenvalue weighted by Gasteiger charge is -2.13. The van der Waals surface area contributed by atoms with Gasteiger partial charge in [0.2, 0.25) is 0 Å². The van der Waals surface area contributed by atoms with E-state index in [-0.39, 0.29) is 16.2 Å². The molecule has 23 heavy (non-hydrogen) atoms. The number of fused-ring (bicyclic) bond motifs is 1. The summed E-state index contributed by atoms with van der Waals surface area (Å²) in [5.41, 5.74) is 1.05. The summed E-state index contributed by atoms with van der Waals surface area (Å²) in [6, 6.07) is 4.87. The van der Waals surface area contributed by atoms with Crippen LogP contribution in [0.25, 0.3) is 10.8 Å². The summed E-state index contributed by atoms with van der Waals surface area (Å²) >= 11 is 0.906. The zero-order valence-electron chi connectivity index (χ0n) is 12.9. The molecule has 0 heterocycles. The van der Waals surface area contributed by atoms with Crippen LogP contribution in [0.2, 0.25) is 0 Å². The van der Waals surface area contributed by atoms with Crippen molar-refractivity contribution in [2.45, 2.75) is 23.6 Å². The van der Waals surface area contributed by atoms with Gasteiger partial charge in [0.05, 0.1) is 26.3 Å². The normalized spacial score (nSPS) is 12.0. The van der Waals surface area contributed by atoms with Gasteiger partial charge in [-0.3, -0.25) is 4.18 Å². The predicted octanol–water partition coefficient (Wildman–Crippen LogP) is 3.01. The fourth-order valence-corrected chi connectivity index (χ4v) is 3.56. The molecule has 0 saturated heterocycles. The number of benzene rings is 2. The topological polar surface area (TPSA) is 91.3 Å². The third-order valence-electron chi connectivity index (χ3n) is 3.32. The monoisotopic (exact) mass is 360 g/mol. The van der Waals surface area contributed by atoms with Crippen molar-refractivity contribution >= 4 is 32.9 Å². The third kappa shape index (κ3) is 3.60. The van der Waals surface area contributed by atoms with Gasteiger partial charge in [0.1, 0.15) is 10.6 Å². The zero-order chi connectivity index (χ0) is 17.2. The van der Waals surface area contributed by atoms with Gasteiger partial charge in [-0.1, -0.05) is 5.04 Å². The molecule has 0 amide bonds. The molecule has 0 fully saturated rings. The van der Waals surface area contributed by atoms with Crippen LogP contribution in [0.3, 0.4) is 0 Å². The van der Waals surface area contributed by atoms with Crippen LogP contribution in [-0.2, 0) is 28.6 Å². The van der Waals surface area contributed by atoms with Crippen molar-refractivity contribution in [1.82, 2.24) is 0 Å². The van der Waals surface area contributed by atoms with Crippen molar-refractivity contribution < 1.29 is 32.0 Å². The molecule has 0 saturated carbocycles. The van der Waals surface area contributed by atoms with Crippen molar-refractivity contribution in [3.63, 3.8) is 0 Å². The minimum Gasteiger partial charge on any atom is -0.507 e. The highest BCUT2D eigenvalue weighted by Crippen LogP contribution is 2.37. The average molecular weight is 360 g/mol. The molecule has 126 valence electrons. The van der Waals surface area contributed by atoms with E-state index in [4.69, 9.17) is 4.33 Å². The largest absolute Gasteiger partial charge is 0.507 e. The first kappa shape index (κ1) is 18.0. The van der Waals surface area contributed by atoms with Gasteiger partial charge in [0.15, 0.2) is 0 Å². The van der Waals surface area contributed by atoms with Crippen LogP contribution in [0.5, 0.6) is 5.75 Å². The smallest absolute Gasteiger partial charge is 0.297 e. The average Bonchev–Trinajstić information content (AvgIpc) is 2.52. The molecule has 0 bridgehead atoms. The van der Waals surface area contributed by atoms with Crippen LogP contribution in [0, 0.1) is 13.8 Å². The molecule has 0 aliphatic rings. The summed E-state index contributed by atoms with van der Waals surface area (Å²) in [6.45, 7) is 3.35. The minimum atomic E-state index is -3.93. The van der Waals surface area contributed by atoms with E-state index in [1.807, 2.05) is 6.92 Å². The predicted molar refractivity (Wildman–Crippen MR) is 84.3 cm³/mol. The Labute approximate surface area is 138 Å². The lowest BCUT2D eigenvalue weighted by molar-refractivity contribution is -0.447. The molecule has 0 aliphatic heterocycles. The molecule has 0 unspecified atom stereocenters. The Morgan fingerprint density at radius 3 is 2.43 bits per heavy atom. The Kier molecular flexibility index (Phi) is 5.50. The second-order valence-corrected chi connectivity index (χ2v) is 7.12. The number of aromatic hydroxyl groups is 1. The first-order valence-electron chi connectivity index (χ1n) is 6.43. The van der Waals surface area contributed by atoms with E-state index in [2.05, 4.69) is 14.1 Å². The molecule has 0 aromatic heterocycles. The molecule has 0 radical (unpaired) electrons. The molecule has 2 aromatic rings. The number of hydrogen-bond acceptors (Lipinski definition) is 8. The maximum absolute atomic E-state index is 12.0. The van der Waals surface area contributed by atoms with Crippen molar-refractivity contribution in [2.75, 3.05) is 14.2 Å². The highest BCUT2D eigenvalue weighted by molar-refractivity contribution is 7.94. The van der Waals surface area contributed by atoms with Crippen molar-refractivity contribution in [3.05, 3.63) is 29.3 Å². The zero-order valence-corrected chi connectivity index (χ0v) is 14.6. The third-order valence-corrected chi connectivity index (χ3v) is 5.47. The van der Waals surface area contributed by atoms with Crippen molar-refractivity contribution in [3.8, 4) is 5.75 Å². The van der Waals surface area contributed by atoms with Crippen LogP contribution >= 0.6 is 12.0 Å². The fraction of sp³-hybridized carbons (Fsp3) is 0.286. The Hall–Kier alpha value is -1.36. The first-order chi connectivity index (χ1) is 10.8. The number of aryl methyl sites for hydroxylation is 1. The quantitative estimate of drug-likeness (QED) is 0.276. The molecule has 7 nitrogen and oxygen atoms in total. The van der Waals surface area contributed by atoms with Gasteiger partial charge in [0.25, 0.3) is 10.1 Å². The lowest BCUT2D eigenvalue weighted by Crippen LogP contribution is -2.05. The number of phenolic OH excluding ortho intramolecular Hbond substituents is 1. The first-order valence-corrected chi connectivity index (χ1v) is 8.58. The molecule has 9 heteroatoms. The second kappa shape index (κ2) is 7.04. The number of phenols is 1. The van der Waals surface area contributed by atoms with E-state index < -0.39 is 10.1 Å². The van der Waals surface area contributed by atoms with Crippen LogP contribution in [0.4, 0.5) is 0 Å². The van der Waals surface area contributed by atoms with Crippen LogP contribution in [0.1, 0.15) is 11.1 Å². The van der Waals surface area contributed by atoms with E-state index in [0.717, 1.165) is 24.7 Å². The van der Waals surface area contributed by atoms with Gasteiger partial charge in [-0.05, 0) is 43.0 Å². The van der Waals surface area contributed by atoms with E-state index in [1.54, 1.807) is 12.1 Å². The van der Waals surface area contributed by atoms with E-state index >= 15 is 0 Å². The summed E-state index contributed by atoms with van der Waals surface area (Å²) in [4.78, 5) is 4.92. The Balaban J connectivity index is 2.63. The number of rotatable bonds is 6. The molecular formula is C14H16O7S2. The number of hydrogen-bond donors (Lipinski definition) is 1. The standard InChI is InChI=1S/C14H16O7S2/c1-8-5-11-10(6-12(8)22-21-20-18-3)7-13(9(2)14(11)15)23(16,17)19-4/h5-7,15H,1-4H3. The Morgan fingerprint density at radius 1 is 1.13 bits per heavy atom. The molecule has 0 atom stereocenters. The Bertz CT molecular complexity index is 831. The molecule has 0 aliphatic carbocycles. The van der Waals surface area contributed by atoms with Crippen molar-refractivity contribution in [1.29, 1.82) is 0 Å². The Morgan fingerprint density at radius 2 is 1.83 bits per heavy atom. The maximum Gasteiger partial charge on any atom is 0.297 e. The van der Waals surface area contributed by atoms with Gasteiger partial charge >= 0.3 is 0 Å². The van der Waals surface area contributed by atoms with Gasteiger partial charge in [-0.25, -0.2) is 4.89 Å². The summed E-state index contributed by atoms with van der Waals surface area (Å²) in [6.07, 6.45) is 0. The van der Waals surface area contributed by atoms with Crippen molar-refractivity contribution in [2.24, 2.45) is 0 Å². The minimum absolute atomic E-state index is 0.0844.